The van der Waals surface area contributed by atoms with Crippen molar-refractivity contribution in [2.75, 3.05) is 7.11 Å². The molecule has 0 aromatic carbocycles. The Kier molecular flexibility index (Phi) is 3.74. The van der Waals surface area contributed by atoms with Crippen LogP contribution < -0.4 is 0 Å². The minimum Gasteiger partial charge on any atom is -0.469 e. The third kappa shape index (κ3) is 2.34. The van der Waals surface area contributed by atoms with Crippen molar-refractivity contribution in [1.82, 2.24) is 4.90 Å². The number of esters is 1. The molecular weight excluding hydrogens is 270 g/mol. The quantitative estimate of drug-likeness (QED) is 0.786. The van der Waals surface area contributed by atoms with Crippen molar-refractivity contribution in [2.45, 2.75) is 51.1 Å². The molecule has 0 bridgehead atoms. The van der Waals surface area contributed by atoms with Gasteiger partial charge in [-0.2, -0.15) is 0 Å². The molecule has 2 aliphatic rings. The summed E-state index contributed by atoms with van der Waals surface area (Å²) in [6, 6.07) is 1.39. The lowest BCUT2D eigenvalue weighted by atomic mass is 9.84. The summed E-state index contributed by atoms with van der Waals surface area (Å²) in [4.78, 5) is 26.7. The summed E-state index contributed by atoms with van der Waals surface area (Å²) >= 11 is 0. The average Bonchev–Trinajstić information content (AvgIpc) is 3.09. The molecule has 2 heterocycles. The lowest BCUT2D eigenvalue weighted by molar-refractivity contribution is -0.145. The number of amides is 1. The van der Waals surface area contributed by atoms with Crippen molar-refractivity contribution in [3.8, 4) is 0 Å². The molecule has 5 heteroatoms. The van der Waals surface area contributed by atoms with Gasteiger partial charge in [-0.15, -0.1) is 0 Å². The Labute approximate surface area is 124 Å². The van der Waals surface area contributed by atoms with Crippen LogP contribution in [0.25, 0.3) is 0 Å². The van der Waals surface area contributed by atoms with E-state index in [-0.39, 0.29) is 17.9 Å². The number of nitrogens with zero attached hydrogens (tertiary/aromatic N) is 1. The van der Waals surface area contributed by atoms with Gasteiger partial charge in [-0.05, 0) is 38.2 Å². The zero-order chi connectivity index (χ0) is 15.0. The summed E-state index contributed by atoms with van der Waals surface area (Å²) in [5.74, 6) is 0.604. The van der Waals surface area contributed by atoms with Crippen molar-refractivity contribution in [3.63, 3.8) is 0 Å². The zero-order valence-electron chi connectivity index (χ0n) is 12.5. The van der Waals surface area contributed by atoms with Gasteiger partial charge in [0.15, 0.2) is 0 Å². The highest BCUT2D eigenvalue weighted by Crippen LogP contribution is 2.41. The van der Waals surface area contributed by atoms with Gasteiger partial charge in [0, 0.05) is 6.04 Å². The molecule has 2 fully saturated rings. The minimum absolute atomic E-state index is 0.106. The molecule has 1 saturated carbocycles. The molecule has 1 amide bonds. The fraction of sp³-hybridized carbons (Fsp3) is 0.625. The molecule has 1 aromatic heterocycles. The topological polar surface area (TPSA) is 59.8 Å². The minimum atomic E-state index is -0.454. The predicted molar refractivity (Wildman–Crippen MR) is 75.8 cm³/mol. The van der Waals surface area contributed by atoms with Crippen LogP contribution in [-0.2, 0) is 9.53 Å². The van der Waals surface area contributed by atoms with E-state index in [0.717, 1.165) is 25.7 Å². The number of rotatable bonds is 2. The van der Waals surface area contributed by atoms with Crippen molar-refractivity contribution in [1.29, 1.82) is 0 Å². The fourth-order valence-corrected chi connectivity index (χ4v) is 3.84. The Bertz CT molecular complexity index is 550. The number of aryl methyl sites for hydroxylation is 1. The first-order valence-electron chi connectivity index (χ1n) is 7.58. The standard InChI is InChI=1S/C16H21NO4/c1-10-12(7-8-21-10)15(18)17-13-6-4-3-5-11(13)9-14(17)16(19)20-2/h7-8,11,13-14H,3-6,9H2,1-2H3/t11-,13+,14+/m1/s1. The van der Waals surface area contributed by atoms with E-state index in [1.54, 1.807) is 17.9 Å². The molecule has 1 aliphatic heterocycles. The number of hydrogen-bond donors (Lipinski definition) is 0. The molecule has 3 atom stereocenters. The second-order valence-corrected chi connectivity index (χ2v) is 5.99. The smallest absolute Gasteiger partial charge is 0.328 e. The Morgan fingerprint density at radius 1 is 1.33 bits per heavy atom. The molecule has 1 aliphatic carbocycles. The summed E-state index contributed by atoms with van der Waals surface area (Å²) in [7, 11) is 1.38. The highest BCUT2D eigenvalue weighted by atomic mass is 16.5. The predicted octanol–water partition coefficient (Wildman–Crippen LogP) is 2.53. The van der Waals surface area contributed by atoms with Crippen LogP contribution >= 0.6 is 0 Å². The van der Waals surface area contributed by atoms with Gasteiger partial charge in [0.05, 0.1) is 18.9 Å². The molecule has 114 valence electrons. The third-order valence-electron chi connectivity index (χ3n) is 4.89. The van der Waals surface area contributed by atoms with Gasteiger partial charge in [0.25, 0.3) is 5.91 Å². The number of methoxy groups -OCH3 is 1. The zero-order valence-corrected chi connectivity index (χ0v) is 12.5. The number of fused-ring (bicyclic) bond motifs is 1. The molecule has 1 aromatic rings. The summed E-state index contributed by atoms with van der Waals surface area (Å²) < 4.78 is 10.2. The van der Waals surface area contributed by atoms with Crippen molar-refractivity contribution >= 4 is 11.9 Å². The molecular formula is C16H21NO4. The normalized spacial score (nSPS) is 28.3. The maximum Gasteiger partial charge on any atom is 0.328 e. The Morgan fingerprint density at radius 2 is 2.10 bits per heavy atom. The van der Waals surface area contributed by atoms with E-state index in [4.69, 9.17) is 9.15 Å². The number of carbonyl (C=O) groups is 2. The fourth-order valence-electron chi connectivity index (χ4n) is 3.84. The van der Waals surface area contributed by atoms with E-state index in [9.17, 15) is 9.59 Å². The van der Waals surface area contributed by atoms with Crippen LogP contribution in [0.15, 0.2) is 16.7 Å². The Morgan fingerprint density at radius 3 is 2.76 bits per heavy atom. The first kappa shape index (κ1) is 14.2. The van der Waals surface area contributed by atoms with E-state index in [2.05, 4.69) is 0 Å². The summed E-state index contributed by atoms with van der Waals surface area (Å²) in [6.07, 6.45) is 6.60. The maximum absolute atomic E-state index is 12.9. The van der Waals surface area contributed by atoms with E-state index in [0.29, 0.717) is 17.2 Å². The molecule has 3 rings (SSSR count). The van der Waals surface area contributed by atoms with Crippen LogP contribution in [0.4, 0.5) is 0 Å². The highest BCUT2D eigenvalue weighted by Gasteiger charge is 2.48. The van der Waals surface area contributed by atoms with Gasteiger partial charge in [-0.25, -0.2) is 4.79 Å². The van der Waals surface area contributed by atoms with Crippen LogP contribution in [-0.4, -0.2) is 36.0 Å². The van der Waals surface area contributed by atoms with E-state index in [1.807, 2.05) is 0 Å². The van der Waals surface area contributed by atoms with Crippen LogP contribution in [0, 0.1) is 12.8 Å². The summed E-state index contributed by atoms with van der Waals surface area (Å²) in [5, 5.41) is 0. The lowest BCUT2D eigenvalue weighted by Crippen LogP contribution is -2.46. The summed E-state index contributed by atoms with van der Waals surface area (Å²) in [6.45, 7) is 1.77. The molecule has 21 heavy (non-hydrogen) atoms. The summed E-state index contributed by atoms with van der Waals surface area (Å²) in [5.41, 5.74) is 0.551. The van der Waals surface area contributed by atoms with Gasteiger partial charge < -0.3 is 14.1 Å². The SMILES string of the molecule is COC(=O)[C@@H]1C[C@H]2CCCC[C@@H]2N1C(=O)c1ccoc1C. The Balaban J connectivity index is 1.93. The van der Waals surface area contributed by atoms with Gasteiger partial charge in [-0.1, -0.05) is 12.8 Å². The van der Waals surface area contributed by atoms with Crippen LogP contribution in [0.5, 0.6) is 0 Å². The monoisotopic (exact) mass is 291 g/mol. The average molecular weight is 291 g/mol. The molecule has 5 nitrogen and oxygen atoms in total. The Hall–Kier alpha value is -1.78. The second-order valence-electron chi connectivity index (χ2n) is 5.99. The second kappa shape index (κ2) is 5.54. The van der Waals surface area contributed by atoms with Gasteiger partial charge in [-0.3, -0.25) is 4.79 Å². The van der Waals surface area contributed by atoms with Crippen LogP contribution in [0.2, 0.25) is 0 Å². The first-order valence-corrected chi connectivity index (χ1v) is 7.58. The maximum atomic E-state index is 12.9. The molecule has 0 spiro atoms. The van der Waals surface area contributed by atoms with Crippen molar-refractivity contribution in [3.05, 3.63) is 23.7 Å². The molecule has 0 radical (unpaired) electrons. The number of carbonyl (C=O) groups excluding carboxylic acids is 2. The molecule has 0 N–H and O–H groups in total. The molecule has 1 saturated heterocycles. The number of hydrogen-bond acceptors (Lipinski definition) is 4. The lowest BCUT2D eigenvalue weighted by Gasteiger charge is -2.33. The first-order chi connectivity index (χ1) is 10.1. The number of likely N-dealkylation sites (tertiary alicyclic amines) is 1. The van der Waals surface area contributed by atoms with Crippen LogP contribution in [0.3, 0.4) is 0 Å². The van der Waals surface area contributed by atoms with Gasteiger partial charge in [0.1, 0.15) is 11.8 Å². The van der Waals surface area contributed by atoms with Crippen molar-refractivity contribution in [2.24, 2.45) is 5.92 Å². The largest absolute Gasteiger partial charge is 0.469 e. The third-order valence-corrected chi connectivity index (χ3v) is 4.89. The number of furan rings is 1. The number of ether oxygens (including phenoxy) is 1. The van der Waals surface area contributed by atoms with Gasteiger partial charge >= 0.3 is 5.97 Å². The van der Waals surface area contributed by atoms with E-state index >= 15 is 0 Å². The van der Waals surface area contributed by atoms with Crippen LogP contribution in [0.1, 0.15) is 48.2 Å². The molecule has 0 unspecified atom stereocenters. The highest BCUT2D eigenvalue weighted by molar-refractivity contribution is 5.98. The van der Waals surface area contributed by atoms with Crippen molar-refractivity contribution < 1.29 is 18.7 Å². The van der Waals surface area contributed by atoms with Gasteiger partial charge in [0.2, 0.25) is 0 Å². The van der Waals surface area contributed by atoms with E-state index < -0.39 is 6.04 Å². The van der Waals surface area contributed by atoms with E-state index in [1.165, 1.54) is 19.8 Å².